The van der Waals surface area contributed by atoms with Crippen LogP contribution in [0.2, 0.25) is 5.02 Å². The predicted octanol–water partition coefficient (Wildman–Crippen LogP) is 4.53. The fourth-order valence-corrected chi connectivity index (χ4v) is 3.66. The lowest BCUT2D eigenvalue weighted by molar-refractivity contribution is 0.102. The summed E-state index contributed by atoms with van der Waals surface area (Å²) in [6, 6.07) is 11.3. The number of aromatic nitrogens is 1. The number of rotatable bonds is 3. The normalized spacial score (nSPS) is 14.6. The van der Waals surface area contributed by atoms with E-state index >= 15 is 0 Å². The van der Waals surface area contributed by atoms with Gasteiger partial charge in [0.25, 0.3) is 5.91 Å². The number of nitrogens with one attached hydrogen (secondary N) is 2. The topological polar surface area (TPSA) is 57.4 Å². The summed E-state index contributed by atoms with van der Waals surface area (Å²) in [5.41, 5.74) is 5.63. The summed E-state index contributed by atoms with van der Waals surface area (Å²) < 4.78 is 5.43. The standard InChI is InChI=1S/C21H22ClN3O2/c1-13-14(2)23-18-5-3-15(11-17(13)18)21(26)24-19-12-16(22)4-6-20(19)25-7-9-27-10-8-25/h3-6,11-12,23H,7-10H2,1-2H3,(H,24,26). The monoisotopic (exact) mass is 383 g/mol. The zero-order valence-corrected chi connectivity index (χ0v) is 16.2. The summed E-state index contributed by atoms with van der Waals surface area (Å²) in [7, 11) is 0. The Morgan fingerprint density at radius 3 is 2.70 bits per heavy atom. The van der Waals surface area contributed by atoms with Crippen LogP contribution in [-0.4, -0.2) is 37.2 Å². The molecule has 27 heavy (non-hydrogen) atoms. The van der Waals surface area contributed by atoms with Gasteiger partial charge in [-0.05, 0) is 55.8 Å². The zero-order chi connectivity index (χ0) is 19.0. The minimum Gasteiger partial charge on any atom is -0.378 e. The molecule has 3 aromatic rings. The molecule has 4 rings (SSSR count). The molecule has 0 atom stereocenters. The third-order valence-corrected chi connectivity index (χ3v) is 5.36. The van der Waals surface area contributed by atoms with Crippen LogP contribution in [-0.2, 0) is 4.74 Å². The number of benzene rings is 2. The van der Waals surface area contributed by atoms with Crippen molar-refractivity contribution in [2.45, 2.75) is 13.8 Å². The van der Waals surface area contributed by atoms with Gasteiger partial charge in [0.1, 0.15) is 0 Å². The molecule has 0 bridgehead atoms. The van der Waals surface area contributed by atoms with E-state index in [1.165, 1.54) is 0 Å². The Bertz CT molecular complexity index is 1010. The highest BCUT2D eigenvalue weighted by atomic mass is 35.5. The summed E-state index contributed by atoms with van der Waals surface area (Å²) in [5, 5.41) is 4.70. The third-order valence-electron chi connectivity index (χ3n) is 5.13. The van der Waals surface area contributed by atoms with Crippen LogP contribution in [0.1, 0.15) is 21.6 Å². The minimum atomic E-state index is -0.146. The highest BCUT2D eigenvalue weighted by Gasteiger charge is 2.17. The van der Waals surface area contributed by atoms with Gasteiger partial charge in [0.05, 0.1) is 24.6 Å². The predicted molar refractivity (Wildman–Crippen MR) is 110 cm³/mol. The van der Waals surface area contributed by atoms with E-state index in [0.717, 1.165) is 46.6 Å². The first kappa shape index (κ1) is 17.9. The van der Waals surface area contributed by atoms with Gasteiger partial charge in [-0.1, -0.05) is 11.6 Å². The van der Waals surface area contributed by atoms with Gasteiger partial charge in [-0.15, -0.1) is 0 Å². The van der Waals surface area contributed by atoms with E-state index in [4.69, 9.17) is 16.3 Å². The van der Waals surface area contributed by atoms with E-state index in [2.05, 4.69) is 22.1 Å². The smallest absolute Gasteiger partial charge is 0.255 e. The molecule has 140 valence electrons. The molecule has 0 aliphatic carbocycles. The van der Waals surface area contributed by atoms with E-state index in [1.54, 1.807) is 6.07 Å². The maximum atomic E-state index is 12.9. The van der Waals surface area contributed by atoms with Crippen molar-refractivity contribution in [2.24, 2.45) is 0 Å². The SMILES string of the molecule is Cc1[nH]c2ccc(C(=O)Nc3cc(Cl)ccc3N3CCOCC3)cc2c1C. The van der Waals surface area contributed by atoms with Crippen molar-refractivity contribution in [2.75, 3.05) is 36.5 Å². The van der Waals surface area contributed by atoms with Gasteiger partial charge in [0.15, 0.2) is 0 Å². The van der Waals surface area contributed by atoms with Crippen LogP contribution in [0.25, 0.3) is 10.9 Å². The van der Waals surface area contributed by atoms with Crippen molar-refractivity contribution in [1.29, 1.82) is 0 Å². The first-order valence-electron chi connectivity index (χ1n) is 9.05. The van der Waals surface area contributed by atoms with Crippen molar-refractivity contribution < 1.29 is 9.53 Å². The zero-order valence-electron chi connectivity index (χ0n) is 15.4. The van der Waals surface area contributed by atoms with Gasteiger partial charge < -0.3 is 19.9 Å². The van der Waals surface area contributed by atoms with Crippen LogP contribution in [0.5, 0.6) is 0 Å². The number of fused-ring (bicyclic) bond motifs is 1. The van der Waals surface area contributed by atoms with Gasteiger partial charge in [0, 0.05) is 40.3 Å². The number of H-pyrrole nitrogens is 1. The number of morpholine rings is 1. The largest absolute Gasteiger partial charge is 0.378 e. The molecule has 6 heteroatoms. The lowest BCUT2D eigenvalue weighted by Gasteiger charge is -2.30. The Morgan fingerprint density at radius 2 is 1.93 bits per heavy atom. The summed E-state index contributed by atoms with van der Waals surface area (Å²) >= 11 is 6.19. The molecule has 1 amide bonds. The molecule has 0 radical (unpaired) electrons. The summed E-state index contributed by atoms with van der Waals surface area (Å²) in [4.78, 5) is 18.5. The van der Waals surface area contributed by atoms with Crippen LogP contribution < -0.4 is 10.2 Å². The third kappa shape index (κ3) is 3.53. The molecule has 2 heterocycles. The average molecular weight is 384 g/mol. The minimum absolute atomic E-state index is 0.146. The molecule has 1 aliphatic heterocycles. The number of hydrogen-bond donors (Lipinski definition) is 2. The van der Waals surface area contributed by atoms with E-state index in [1.807, 2.05) is 37.3 Å². The van der Waals surface area contributed by atoms with Gasteiger partial charge in [0.2, 0.25) is 0 Å². The van der Waals surface area contributed by atoms with E-state index < -0.39 is 0 Å². The van der Waals surface area contributed by atoms with Gasteiger partial charge in [-0.3, -0.25) is 4.79 Å². The second-order valence-electron chi connectivity index (χ2n) is 6.85. The first-order valence-corrected chi connectivity index (χ1v) is 9.43. The number of halogens is 1. The maximum Gasteiger partial charge on any atom is 0.255 e. The molecule has 1 aromatic heterocycles. The van der Waals surface area contributed by atoms with Crippen molar-refractivity contribution in [3.8, 4) is 0 Å². The summed E-state index contributed by atoms with van der Waals surface area (Å²) in [6.45, 7) is 7.03. The Kier molecular flexibility index (Phi) is 4.81. The molecule has 0 unspecified atom stereocenters. The highest BCUT2D eigenvalue weighted by molar-refractivity contribution is 6.31. The van der Waals surface area contributed by atoms with Gasteiger partial charge in [-0.25, -0.2) is 0 Å². The Balaban J connectivity index is 1.64. The Morgan fingerprint density at radius 1 is 1.15 bits per heavy atom. The number of carbonyl (C=O) groups excluding carboxylic acids is 1. The van der Waals surface area contributed by atoms with Crippen molar-refractivity contribution >= 4 is 39.8 Å². The van der Waals surface area contributed by atoms with Crippen molar-refractivity contribution in [1.82, 2.24) is 4.98 Å². The molecule has 2 N–H and O–H groups in total. The van der Waals surface area contributed by atoms with Gasteiger partial charge in [-0.2, -0.15) is 0 Å². The summed E-state index contributed by atoms with van der Waals surface area (Å²) in [5.74, 6) is -0.146. The second-order valence-corrected chi connectivity index (χ2v) is 7.29. The molecule has 1 aliphatic rings. The molecule has 2 aromatic carbocycles. The van der Waals surface area contributed by atoms with Crippen LogP contribution in [0, 0.1) is 13.8 Å². The number of ether oxygens (including phenoxy) is 1. The second kappa shape index (κ2) is 7.25. The Labute approximate surface area is 163 Å². The number of nitrogens with zero attached hydrogens (tertiary/aromatic N) is 1. The molecule has 1 fully saturated rings. The maximum absolute atomic E-state index is 12.9. The molecule has 0 spiro atoms. The van der Waals surface area contributed by atoms with Crippen molar-refractivity contribution in [3.05, 3.63) is 58.2 Å². The fourth-order valence-electron chi connectivity index (χ4n) is 3.49. The first-order chi connectivity index (χ1) is 13.0. The molecule has 1 saturated heterocycles. The average Bonchev–Trinajstić information content (AvgIpc) is 2.96. The molecular weight excluding hydrogens is 362 g/mol. The summed E-state index contributed by atoms with van der Waals surface area (Å²) in [6.07, 6.45) is 0. The lowest BCUT2D eigenvalue weighted by Crippen LogP contribution is -2.36. The highest BCUT2D eigenvalue weighted by Crippen LogP contribution is 2.31. The number of aryl methyl sites for hydroxylation is 2. The lowest BCUT2D eigenvalue weighted by atomic mass is 10.1. The van der Waals surface area contributed by atoms with Crippen LogP contribution >= 0.6 is 11.6 Å². The van der Waals surface area contributed by atoms with E-state index in [-0.39, 0.29) is 5.91 Å². The van der Waals surface area contributed by atoms with E-state index in [0.29, 0.717) is 23.8 Å². The number of anilines is 2. The van der Waals surface area contributed by atoms with Crippen LogP contribution in [0.4, 0.5) is 11.4 Å². The van der Waals surface area contributed by atoms with Crippen LogP contribution in [0.15, 0.2) is 36.4 Å². The fraction of sp³-hybridized carbons (Fsp3) is 0.286. The van der Waals surface area contributed by atoms with Crippen LogP contribution in [0.3, 0.4) is 0 Å². The van der Waals surface area contributed by atoms with E-state index in [9.17, 15) is 4.79 Å². The number of hydrogen-bond acceptors (Lipinski definition) is 3. The number of aromatic amines is 1. The Hall–Kier alpha value is -2.50. The molecular formula is C21H22ClN3O2. The molecule has 5 nitrogen and oxygen atoms in total. The van der Waals surface area contributed by atoms with Gasteiger partial charge >= 0.3 is 0 Å². The number of carbonyl (C=O) groups is 1. The molecule has 0 saturated carbocycles. The van der Waals surface area contributed by atoms with Crippen molar-refractivity contribution in [3.63, 3.8) is 0 Å². The number of amides is 1. The quantitative estimate of drug-likeness (QED) is 0.698.